The summed E-state index contributed by atoms with van der Waals surface area (Å²) in [4.78, 5) is 30.4. The SMILES string of the molecule is CC(=O)Nc1ccc2c(c1)nc1n2CC(=O)N(Cc2ccc3c(c2)OCO3)C1. The van der Waals surface area contributed by atoms with Crippen LogP contribution in [0.1, 0.15) is 18.3 Å². The maximum Gasteiger partial charge on any atom is 0.243 e. The molecule has 142 valence electrons. The van der Waals surface area contributed by atoms with E-state index < -0.39 is 0 Å². The fraction of sp³-hybridized carbons (Fsp3) is 0.250. The molecular formula is C20H18N4O4. The van der Waals surface area contributed by atoms with Gasteiger partial charge in [-0.1, -0.05) is 6.07 Å². The van der Waals surface area contributed by atoms with Gasteiger partial charge in [0.25, 0.3) is 0 Å². The summed E-state index contributed by atoms with van der Waals surface area (Å²) in [5.74, 6) is 2.17. The van der Waals surface area contributed by atoms with Crippen LogP contribution in [0.3, 0.4) is 0 Å². The molecule has 3 aromatic rings. The molecule has 0 spiro atoms. The molecule has 0 aliphatic carbocycles. The van der Waals surface area contributed by atoms with Crippen LogP contribution >= 0.6 is 0 Å². The topological polar surface area (TPSA) is 85.7 Å². The van der Waals surface area contributed by atoms with Crippen LogP contribution in [0.2, 0.25) is 0 Å². The average molecular weight is 378 g/mol. The number of benzene rings is 2. The molecule has 8 nitrogen and oxygen atoms in total. The minimum absolute atomic E-state index is 0.0374. The molecule has 2 aliphatic rings. The van der Waals surface area contributed by atoms with Gasteiger partial charge in [-0.2, -0.15) is 0 Å². The molecule has 0 saturated carbocycles. The van der Waals surface area contributed by atoms with Gasteiger partial charge in [0.15, 0.2) is 11.5 Å². The third-order valence-corrected chi connectivity index (χ3v) is 4.94. The second kappa shape index (κ2) is 6.26. The van der Waals surface area contributed by atoms with Crippen molar-refractivity contribution >= 4 is 28.5 Å². The maximum atomic E-state index is 12.7. The molecule has 2 amide bonds. The van der Waals surface area contributed by atoms with E-state index in [-0.39, 0.29) is 25.2 Å². The van der Waals surface area contributed by atoms with Gasteiger partial charge in [0, 0.05) is 19.2 Å². The fourth-order valence-corrected chi connectivity index (χ4v) is 3.66. The van der Waals surface area contributed by atoms with Crippen molar-refractivity contribution in [3.8, 4) is 11.5 Å². The lowest BCUT2D eigenvalue weighted by atomic mass is 10.1. The van der Waals surface area contributed by atoms with Crippen molar-refractivity contribution in [2.75, 3.05) is 12.1 Å². The Hall–Kier alpha value is -3.55. The zero-order valence-corrected chi connectivity index (χ0v) is 15.3. The number of hydrogen-bond donors (Lipinski definition) is 1. The van der Waals surface area contributed by atoms with Gasteiger partial charge in [-0.15, -0.1) is 0 Å². The van der Waals surface area contributed by atoms with Crippen molar-refractivity contribution in [3.63, 3.8) is 0 Å². The van der Waals surface area contributed by atoms with Crippen molar-refractivity contribution < 1.29 is 19.1 Å². The van der Waals surface area contributed by atoms with Crippen molar-refractivity contribution in [2.45, 2.75) is 26.6 Å². The van der Waals surface area contributed by atoms with E-state index in [4.69, 9.17) is 9.47 Å². The Morgan fingerprint density at radius 3 is 2.86 bits per heavy atom. The van der Waals surface area contributed by atoms with Gasteiger partial charge in [-0.25, -0.2) is 4.98 Å². The molecule has 0 atom stereocenters. The van der Waals surface area contributed by atoms with Crippen LogP contribution in [0, 0.1) is 0 Å². The fourth-order valence-electron chi connectivity index (χ4n) is 3.66. The van der Waals surface area contributed by atoms with Crippen LogP contribution in [-0.4, -0.2) is 33.1 Å². The van der Waals surface area contributed by atoms with Crippen LogP contribution in [0.5, 0.6) is 11.5 Å². The second-order valence-electron chi connectivity index (χ2n) is 6.94. The smallest absolute Gasteiger partial charge is 0.243 e. The summed E-state index contributed by atoms with van der Waals surface area (Å²) in [6, 6.07) is 11.3. The van der Waals surface area contributed by atoms with E-state index in [1.165, 1.54) is 6.92 Å². The van der Waals surface area contributed by atoms with Crippen LogP contribution < -0.4 is 14.8 Å². The Kier molecular flexibility index (Phi) is 3.71. The largest absolute Gasteiger partial charge is 0.454 e. The molecule has 0 bridgehead atoms. The van der Waals surface area contributed by atoms with E-state index in [9.17, 15) is 9.59 Å². The first-order valence-corrected chi connectivity index (χ1v) is 9.00. The standard InChI is InChI=1S/C20H18N4O4/c1-12(25)21-14-3-4-16-15(7-14)22-19-9-23(20(26)10-24(16)19)8-13-2-5-17-18(6-13)28-11-27-17/h2-7H,8-11H2,1H3,(H,21,25). The normalized spacial score (nSPS) is 15.0. The molecule has 8 heteroatoms. The Balaban J connectivity index is 1.41. The molecule has 1 aromatic heterocycles. The molecule has 5 rings (SSSR count). The Labute approximate surface area is 160 Å². The maximum absolute atomic E-state index is 12.7. The molecular weight excluding hydrogens is 360 g/mol. The molecule has 28 heavy (non-hydrogen) atoms. The first-order chi connectivity index (χ1) is 13.6. The minimum Gasteiger partial charge on any atom is -0.454 e. The summed E-state index contributed by atoms with van der Waals surface area (Å²) in [7, 11) is 0. The third kappa shape index (κ3) is 2.83. The van der Waals surface area contributed by atoms with Crippen molar-refractivity contribution in [1.29, 1.82) is 0 Å². The van der Waals surface area contributed by atoms with Gasteiger partial charge in [-0.3, -0.25) is 9.59 Å². The van der Waals surface area contributed by atoms with Gasteiger partial charge in [0.2, 0.25) is 18.6 Å². The summed E-state index contributed by atoms with van der Waals surface area (Å²) < 4.78 is 12.7. The Morgan fingerprint density at radius 2 is 2.00 bits per heavy atom. The van der Waals surface area contributed by atoms with Gasteiger partial charge < -0.3 is 24.3 Å². The summed E-state index contributed by atoms with van der Waals surface area (Å²) >= 11 is 0. The number of fused-ring (bicyclic) bond motifs is 4. The number of aromatic nitrogens is 2. The quantitative estimate of drug-likeness (QED) is 0.756. The number of nitrogens with one attached hydrogen (secondary N) is 1. The van der Waals surface area contributed by atoms with Gasteiger partial charge >= 0.3 is 0 Å². The van der Waals surface area contributed by atoms with Crippen LogP contribution in [0.4, 0.5) is 5.69 Å². The number of amides is 2. The number of nitrogens with zero attached hydrogens (tertiary/aromatic N) is 3. The molecule has 0 fully saturated rings. The van der Waals surface area contributed by atoms with E-state index in [0.29, 0.717) is 24.5 Å². The van der Waals surface area contributed by atoms with Gasteiger partial charge in [0.05, 0.1) is 17.6 Å². The lowest BCUT2D eigenvalue weighted by Gasteiger charge is -2.28. The third-order valence-electron chi connectivity index (χ3n) is 4.94. The lowest BCUT2D eigenvalue weighted by Crippen LogP contribution is -2.38. The monoisotopic (exact) mass is 378 g/mol. The van der Waals surface area contributed by atoms with Gasteiger partial charge in [0.1, 0.15) is 12.4 Å². The highest BCUT2D eigenvalue weighted by molar-refractivity contribution is 5.92. The zero-order valence-electron chi connectivity index (χ0n) is 15.3. The lowest BCUT2D eigenvalue weighted by molar-refractivity contribution is -0.134. The summed E-state index contributed by atoms with van der Waals surface area (Å²) in [5, 5.41) is 2.76. The Morgan fingerprint density at radius 1 is 1.14 bits per heavy atom. The number of imidazole rings is 1. The van der Waals surface area contributed by atoms with E-state index in [0.717, 1.165) is 28.2 Å². The van der Waals surface area contributed by atoms with Crippen LogP contribution in [0.25, 0.3) is 11.0 Å². The van der Waals surface area contributed by atoms with E-state index in [1.807, 2.05) is 41.0 Å². The number of carbonyl (C=O) groups is 2. The first-order valence-electron chi connectivity index (χ1n) is 9.00. The van der Waals surface area contributed by atoms with Gasteiger partial charge in [-0.05, 0) is 35.9 Å². The number of rotatable bonds is 3. The van der Waals surface area contributed by atoms with Crippen LogP contribution in [-0.2, 0) is 29.2 Å². The molecule has 2 aromatic carbocycles. The van der Waals surface area contributed by atoms with E-state index in [2.05, 4.69) is 10.3 Å². The van der Waals surface area contributed by atoms with Crippen molar-refractivity contribution in [3.05, 3.63) is 47.8 Å². The summed E-state index contributed by atoms with van der Waals surface area (Å²) in [5.41, 5.74) is 3.33. The molecule has 3 heterocycles. The molecule has 0 radical (unpaired) electrons. The highest BCUT2D eigenvalue weighted by atomic mass is 16.7. The zero-order chi connectivity index (χ0) is 19.3. The molecule has 0 saturated heterocycles. The highest BCUT2D eigenvalue weighted by Crippen LogP contribution is 2.33. The first kappa shape index (κ1) is 16.6. The van der Waals surface area contributed by atoms with E-state index in [1.54, 1.807) is 4.90 Å². The minimum atomic E-state index is -0.131. The Bertz CT molecular complexity index is 1120. The second-order valence-corrected chi connectivity index (χ2v) is 6.94. The predicted octanol–water partition coefficient (Wildman–Crippen LogP) is 2.27. The summed E-state index contributed by atoms with van der Waals surface area (Å²) in [6.07, 6.45) is 0. The van der Waals surface area contributed by atoms with E-state index >= 15 is 0 Å². The number of hydrogen-bond acceptors (Lipinski definition) is 5. The highest BCUT2D eigenvalue weighted by Gasteiger charge is 2.26. The predicted molar refractivity (Wildman–Crippen MR) is 101 cm³/mol. The molecule has 2 aliphatic heterocycles. The molecule has 1 N–H and O–H groups in total. The summed E-state index contributed by atoms with van der Waals surface area (Å²) in [6.45, 7) is 2.85. The number of carbonyl (C=O) groups excluding carboxylic acids is 2. The van der Waals surface area contributed by atoms with Crippen molar-refractivity contribution in [2.24, 2.45) is 0 Å². The van der Waals surface area contributed by atoms with Crippen LogP contribution in [0.15, 0.2) is 36.4 Å². The molecule has 0 unspecified atom stereocenters. The van der Waals surface area contributed by atoms with Crippen molar-refractivity contribution in [1.82, 2.24) is 14.5 Å². The average Bonchev–Trinajstić information content (AvgIpc) is 3.25. The number of anilines is 1. The number of ether oxygens (including phenoxy) is 2.